The van der Waals surface area contributed by atoms with E-state index in [-0.39, 0.29) is 23.6 Å². The number of benzene rings is 1. The number of carbonyl (C=O) groups is 1. The Hall–Kier alpha value is -2.81. The minimum atomic E-state index is -0.353. The summed E-state index contributed by atoms with van der Waals surface area (Å²) in [5.74, 6) is 0.886. The lowest BCUT2D eigenvalue weighted by Crippen LogP contribution is -2.48. The third kappa shape index (κ3) is 3.71. The van der Waals surface area contributed by atoms with Crippen molar-refractivity contribution >= 4 is 16.8 Å². The molecule has 1 amide bonds. The normalized spacial score (nSPS) is 19.4. The van der Waals surface area contributed by atoms with Crippen molar-refractivity contribution in [1.82, 2.24) is 29.7 Å². The first-order valence-corrected chi connectivity index (χ1v) is 11.0. The van der Waals surface area contributed by atoms with Crippen LogP contribution >= 0.6 is 0 Å². The van der Waals surface area contributed by atoms with E-state index in [0.29, 0.717) is 17.4 Å². The van der Waals surface area contributed by atoms with Gasteiger partial charge in [0.15, 0.2) is 0 Å². The number of rotatable bonds is 3. The topological polar surface area (TPSA) is 80.3 Å². The summed E-state index contributed by atoms with van der Waals surface area (Å²) in [5, 5.41) is 9.27. The summed E-state index contributed by atoms with van der Waals surface area (Å²) in [6, 6.07) is 5.47. The molecule has 0 radical (unpaired) electrons. The van der Waals surface area contributed by atoms with Gasteiger partial charge in [0.2, 0.25) is 11.8 Å². The average molecular weight is 426 g/mol. The molecule has 0 atom stereocenters. The molecule has 2 aromatic heterocycles. The van der Waals surface area contributed by atoms with Crippen LogP contribution in [0, 0.1) is 12.7 Å². The molecule has 2 aliphatic rings. The largest absolute Gasteiger partial charge is 0.343 e. The van der Waals surface area contributed by atoms with Crippen LogP contribution in [0.3, 0.4) is 0 Å². The summed E-state index contributed by atoms with van der Waals surface area (Å²) in [6.07, 6.45) is 3.96. The van der Waals surface area contributed by atoms with Gasteiger partial charge in [-0.3, -0.25) is 4.79 Å². The number of amides is 1. The highest BCUT2D eigenvalue weighted by atomic mass is 19.1. The monoisotopic (exact) mass is 426 g/mol. The number of hydrogen-bond donors (Lipinski definition) is 0. The van der Waals surface area contributed by atoms with Gasteiger partial charge in [-0.2, -0.15) is 14.8 Å². The van der Waals surface area contributed by atoms with Gasteiger partial charge < -0.3 is 14.3 Å². The zero-order valence-corrected chi connectivity index (χ0v) is 17.9. The highest BCUT2D eigenvalue weighted by molar-refractivity contribution is 5.83. The number of carbonyl (C=O) groups excluding carboxylic acids is 1. The highest BCUT2D eigenvalue weighted by Crippen LogP contribution is 2.31. The van der Waals surface area contributed by atoms with Crippen molar-refractivity contribution in [3.05, 3.63) is 35.6 Å². The molecular weight excluding hydrogens is 399 g/mol. The van der Waals surface area contributed by atoms with Crippen molar-refractivity contribution < 1.29 is 13.7 Å². The zero-order valence-electron chi connectivity index (χ0n) is 17.9. The second-order valence-corrected chi connectivity index (χ2v) is 8.61. The molecule has 0 spiro atoms. The summed E-state index contributed by atoms with van der Waals surface area (Å²) in [6.45, 7) is 7.14. The molecule has 2 fully saturated rings. The van der Waals surface area contributed by atoms with Crippen LogP contribution in [0.25, 0.3) is 16.9 Å². The van der Waals surface area contributed by atoms with Crippen LogP contribution in [0.2, 0.25) is 0 Å². The summed E-state index contributed by atoms with van der Waals surface area (Å²) >= 11 is 0. The molecule has 8 nitrogen and oxygen atoms in total. The van der Waals surface area contributed by atoms with E-state index in [0.717, 1.165) is 62.9 Å². The first-order valence-electron chi connectivity index (χ1n) is 11.0. The Bertz CT molecular complexity index is 1090. The zero-order chi connectivity index (χ0) is 21.5. The summed E-state index contributed by atoms with van der Waals surface area (Å²) in [5.41, 5.74) is 1.10. The van der Waals surface area contributed by atoms with Crippen LogP contribution in [0.1, 0.15) is 50.1 Å². The van der Waals surface area contributed by atoms with Crippen LogP contribution < -0.4 is 0 Å². The van der Waals surface area contributed by atoms with E-state index >= 15 is 0 Å². The van der Waals surface area contributed by atoms with E-state index in [1.54, 1.807) is 13.0 Å². The van der Waals surface area contributed by atoms with Crippen molar-refractivity contribution in [2.45, 2.75) is 51.5 Å². The first kappa shape index (κ1) is 20.1. The molecule has 4 heterocycles. The average Bonchev–Trinajstić information content (AvgIpc) is 3.40. The lowest BCUT2D eigenvalue weighted by Gasteiger charge is -2.41. The van der Waals surface area contributed by atoms with Crippen molar-refractivity contribution in [3.8, 4) is 5.95 Å². The molecule has 2 aliphatic heterocycles. The number of hydrogen-bond acceptors (Lipinski definition) is 6. The molecular formula is C22H27FN6O2. The second-order valence-electron chi connectivity index (χ2n) is 8.61. The van der Waals surface area contributed by atoms with Crippen LogP contribution in [0.5, 0.6) is 0 Å². The highest BCUT2D eigenvalue weighted by Gasteiger charge is 2.31. The van der Waals surface area contributed by atoms with Gasteiger partial charge in [-0.05, 0) is 56.9 Å². The fraction of sp³-hybridized carbons (Fsp3) is 0.545. The second kappa shape index (κ2) is 8.03. The Morgan fingerprint density at radius 3 is 2.58 bits per heavy atom. The number of para-hydroxylation sites is 1. The molecule has 0 unspecified atom stereocenters. The molecule has 2 saturated heterocycles. The standard InChI is InChI=1S/C22H27FN6O2/c1-14-18-4-3-5-19(23)20(18)29(25-14)22-24-21(31-26-22)16-6-10-28(11-7-16)17-8-12-27(13-9-17)15(2)30/h3-5,16-17H,6-13H2,1-2H3. The van der Waals surface area contributed by atoms with E-state index in [2.05, 4.69) is 20.1 Å². The lowest BCUT2D eigenvalue weighted by molar-refractivity contribution is -0.130. The van der Waals surface area contributed by atoms with Gasteiger partial charge in [0.25, 0.3) is 5.95 Å². The van der Waals surface area contributed by atoms with Crippen molar-refractivity contribution in [1.29, 1.82) is 0 Å². The summed E-state index contributed by atoms with van der Waals surface area (Å²) < 4.78 is 21.4. The number of aryl methyl sites for hydroxylation is 1. The lowest BCUT2D eigenvalue weighted by atomic mass is 9.93. The fourth-order valence-corrected chi connectivity index (χ4v) is 4.96. The smallest absolute Gasteiger partial charge is 0.291 e. The molecule has 0 N–H and O–H groups in total. The number of likely N-dealkylation sites (tertiary alicyclic amines) is 2. The predicted molar refractivity (Wildman–Crippen MR) is 112 cm³/mol. The number of piperidine rings is 2. The summed E-state index contributed by atoms with van der Waals surface area (Å²) in [7, 11) is 0. The third-order valence-corrected chi connectivity index (χ3v) is 6.76. The van der Waals surface area contributed by atoms with Gasteiger partial charge in [-0.1, -0.05) is 12.1 Å². The number of aromatic nitrogens is 4. The number of nitrogens with zero attached hydrogens (tertiary/aromatic N) is 6. The quantitative estimate of drug-likeness (QED) is 0.640. The molecule has 9 heteroatoms. The molecule has 0 saturated carbocycles. The number of fused-ring (bicyclic) bond motifs is 1. The molecule has 164 valence electrons. The SMILES string of the molecule is CC(=O)N1CCC(N2CCC(c3nc(-n4nc(C)c5cccc(F)c54)no3)CC2)CC1. The number of halogens is 1. The Morgan fingerprint density at radius 1 is 1.13 bits per heavy atom. The van der Waals surface area contributed by atoms with Gasteiger partial charge in [0.1, 0.15) is 11.3 Å². The minimum Gasteiger partial charge on any atom is -0.343 e. The molecule has 31 heavy (non-hydrogen) atoms. The van der Waals surface area contributed by atoms with Crippen LogP contribution in [-0.2, 0) is 4.79 Å². The maximum absolute atomic E-state index is 14.4. The van der Waals surface area contributed by atoms with E-state index < -0.39 is 0 Å². The Labute approximate surface area is 180 Å². The molecule has 3 aromatic rings. The first-order chi connectivity index (χ1) is 15.0. The molecule has 0 aliphatic carbocycles. The van der Waals surface area contributed by atoms with Crippen LogP contribution in [-0.4, -0.2) is 67.8 Å². The van der Waals surface area contributed by atoms with Crippen molar-refractivity contribution in [2.75, 3.05) is 26.2 Å². The van der Waals surface area contributed by atoms with E-state index in [1.165, 1.54) is 10.7 Å². The van der Waals surface area contributed by atoms with Crippen molar-refractivity contribution in [2.24, 2.45) is 0 Å². The molecule has 0 bridgehead atoms. The van der Waals surface area contributed by atoms with Gasteiger partial charge in [0, 0.05) is 37.4 Å². The van der Waals surface area contributed by atoms with Gasteiger partial charge in [0.05, 0.1) is 5.69 Å². The predicted octanol–water partition coefficient (Wildman–Crippen LogP) is 3.05. The van der Waals surface area contributed by atoms with E-state index in [4.69, 9.17) is 4.52 Å². The Kier molecular flexibility index (Phi) is 5.21. The minimum absolute atomic E-state index is 0.171. The maximum atomic E-state index is 14.4. The Balaban J connectivity index is 1.26. The van der Waals surface area contributed by atoms with E-state index in [9.17, 15) is 9.18 Å². The van der Waals surface area contributed by atoms with Gasteiger partial charge in [-0.15, -0.1) is 0 Å². The molecule has 1 aromatic carbocycles. The maximum Gasteiger partial charge on any atom is 0.291 e. The van der Waals surface area contributed by atoms with Gasteiger partial charge >= 0.3 is 0 Å². The fourth-order valence-electron chi connectivity index (χ4n) is 4.96. The van der Waals surface area contributed by atoms with E-state index in [1.807, 2.05) is 17.9 Å². The van der Waals surface area contributed by atoms with Crippen LogP contribution in [0.15, 0.2) is 22.7 Å². The van der Waals surface area contributed by atoms with Crippen molar-refractivity contribution in [3.63, 3.8) is 0 Å². The molecule has 5 rings (SSSR count). The third-order valence-electron chi connectivity index (χ3n) is 6.76. The Morgan fingerprint density at radius 2 is 1.87 bits per heavy atom. The summed E-state index contributed by atoms with van der Waals surface area (Å²) in [4.78, 5) is 20.6. The van der Waals surface area contributed by atoms with Crippen LogP contribution in [0.4, 0.5) is 4.39 Å². The van der Waals surface area contributed by atoms with Gasteiger partial charge in [-0.25, -0.2) is 4.39 Å².